The maximum absolute atomic E-state index is 11.7. The zero-order valence-electron chi connectivity index (χ0n) is 12.8. The number of hydrogen-bond acceptors (Lipinski definition) is 3. The Morgan fingerprint density at radius 1 is 1.37 bits per heavy atom. The lowest BCUT2D eigenvalue weighted by Gasteiger charge is -2.34. The van der Waals surface area contributed by atoms with Crippen LogP contribution in [0.2, 0.25) is 0 Å². The van der Waals surface area contributed by atoms with Crippen molar-refractivity contribution in [2.45, 2.75) is 64.5 Å². The van der Waals surface area contributed by atoms with E-state index >= 15 is 0 Å². The molecule has 1 fully saturated rings. The number of ether oxygens (including phenoxy) is 1. The molecule has 1 unspecified atom stereocenters. The second-order valence-corrected chi connectivity index (χ2v) is 5.65. The number of likely N-dealkylation sites (tertiary alicyclic amines) is 1. The molecule has 0 aromatic heterocycles. The molecular formula is C15H30N2O2. The van der Waals surface area contributed by atoms with Gasteiger partial charge in [-0.2, -0.15) is 0 Å². The van der Waals surface area contributed by atoms with Crippen LogP contribution in [0.5, 0.6) is 0 Å². The highest BCUT2D eigenvalue weighted by Gasteiger charge is 2.23. The molecular weight excluding hydrogens is 240 g/mol. The van der Waals surface area contributed by atoms with Gasteiger partial charge in [0.25, 0.3) is 0 Å². The molecule has 1 aliphatic rings. The van der Waals surface area contributed by atoms with Crippen molar-refractivity contribution in [2.24, 2.45) is 0 Å². The molecule has 4 heteroatoms. The number of methoxy groups -OCH3 is 1. The molecule has 1 saturated heterocycles. The summed E-state index contributed by atoms with van der Waals surface area (Å²) in [4.78, 5) is 13.6. The average Bonchev–Trinajstić information content (AvgIpc) is 2.40. The van der Waals surface area contributed by atoms with E-state index in [0.717, 1.165) is 25.9 Å². The van der Waals surface area contributed by atoms with Crippen molar-refractivity contribution in [3.8, 4) is 0 Å². The van der Waals surface area contributed by atoms with Gasteiger partial charge >= 0.3 is 0 Å². The largest absolute Gasteiger partial charge is 0.375 e. The number of carbonyl (C=O) groups excluding carboxylic acids is 1. The van der Waals surface area contributed by atoms with Crippen molar-refractivity contribution >= 4 is 5.91 Å². The Hall–Kier alpha value is -0.610. The molecule has 112 valence electrons. The SMILES string of the molecule is CCCCCC(C)NC1CCN(C(=O)COC)CC1. The average molecular weight is 270 g/mol. The Kier molecular flexibility index (Phi) is 8.07. The van der Waals surface area contributed by atoms with Crippen LogP contribution in [0.1, 0.15) is 52.4 Å². The van der Waals surface area contributed by atoms with E-state index in [1.807, 2.05) is 4.90 Å². The van der Waals surface area contributed by atoms with E-state index in [1.165, 1.54) is 25.7 Å². The summed E-state index contributed by atoms with van der Waals surface area (Å²) >= 11 is 0. The van der Waals surface area contributed by atoms with E-state index in [1.54, 1.807) is 7.11 Å². The number of amides is 1. The van der Waals surface area contributed by atoms with Crippen LogP contribution < -0.4 is 5.32 Å². The van der Waals surface area contributed by atoms with Gasteiger partial charge in [-0.05, 0) is 26.2 Å². The van der Waals surface area contributed by atoms with Crippen LogP contribution in [0.15, 0.2) is 0 Å². The molecule has 1 N–H and O–H groups in total. The fourth-order valence-electron chi connectivity index (χ4n) is 2.70. The Balaban J connectivity index is 2.17. The van der Waals surface area contributed by atoms with Gasteiger partial charge in [0, 0.05) is 32.3 Å². The third-order valence-corrected chi connectivity index (χ3v) is 3.88. The molecule has 1 aliphatic heterocycles. The topological polar surface area (TPSA) is 41.6 Å². The van der Waals surface area contributed by atoms with E-state index in [0.29, 0.717) is 12.1 Å². The van der Waals surface area contributed by atoms with Gasteiger partial charge < -0.3 is 15.0 Å². The van der Waals surface area contributed by atoms with Crippen LogP contribution >= 0.6 is 0 Å². The van der Waals surface area contributed by atoms with Gasteiger partial charge in [-0.1, -0.05) is 26.2 Å². The van der Waals surface area contributed by atoms with Gasteiger partial charge in [-0.15, -0.1) is 0 Å². The van der Waals surface area contributed by atoms with Crippen LogP contribution in [-0.4, -0.2) is 49.7 Å². The molecule has 0 spiro atoms. The summed E-state index contributed by atoms with van der Waals surface area (Å²) < 4.78 is 4.90. The van der Waals surface area contributed by atoms with E-state index in [2.05, 4.69) is 19.2 Å². The Morgan fingerprint density at radius 2 is 2.05 bits per heavy atom. The quantitative estimate of drug-likeness (QED) is 0.687. The van der Waals surface area contributed by atoms with Gasteiger partial charge in [0.1, 0.15) is 6.61 Å². The highest BCUT2D eigenvalue weighted by atomic mass is 16.5. The molecule has 1 atom stereocenters. The molecule has 1 heterocycles. The maximum Gasteiger partial charge on any atom is 0.248 e. The minimum absolute atomic E-state index is 0.122. The first-order valence-corrected chi connectivity index (χ1v) is 7.70. The van der Waals surface area contributed by atoms with Gasteiger partial charge in [0.2, 0.25) is 5.91 Å². The molecule has 19 heavy (non-hydrogen) atoms. The maximum atomic E-state index is 11.7. The number of unbranched alkanes of at least 4 members (excludes halogenated alkanes) is 2. The lowest BCUT2D eigenvalue weighted by atomic mass is 10.0. The third-order valence-electron chi connectivity index (χ3n) is 3.88. The normalized spacial score (nSPS) is 18.6. The number of nitrogens with zero attached hydrogens (tertiary/aromatic N) is 1. The standard InChI is InChI=1S/C15H30N2O2/c1-4-5-6-7-13(2)16-14-8-10-17(11-9-14)15(18)12-19-3/h13-14,16H,4-12H2,1-3H3. The highest BCUT2D eigenvalue weighted by Crippen LogP contribution is 2.13. The molecule has 0 aromatic rings. The van der Waals surface area contributed by atoms with Crippen LogP contribution in [-0.2, 0) is 9.53 Å². The summed E-state index contributed by atoms with van der Waals surface area (Å²) in [5.74, 6) is 0.122. The molecule has 0 bridgehead atoms. The third kappa shape index (κ3) is 6.39. The van der Waals surface area contributed by atoms with Crippen molar-refractivity contribution in [1.29, 1.82) is 0 Å². The fourth-order valence-corrected chi connectivity index (χ4v) is 2.70. The van der Waals surface area contributed by atoms with Crippen molar-refractivity contribution in [3.63, 3.8) is 0 Å². The second kappa shape index (κ2) is 9.32. The summed E-state index contributed by atoms with van der Waals surface area (Å²) in [5.41, 5.74) is 0. The van der Waals surface area contributed by atoms with Gasteiger partial charge in [-0.25, -0.2) is 0 Å². The zero-order chi connectivity index (χ0) is 14.1. The predicted molar refractivity (Wildman–Crippen MR) is 78.2 cm³/mol. The molecule has 4 nitrogen and oxygen atoms in total. The van der Waals surface area contributed by atoms with Crippen molar-refractivity contribution in [3.05, 3.63) is 0 Å². The second-order valence-electron chi connectivity index (χ2n) is 5.65. The van der Waals surface area contributed by atoms with E-state index < -0.39 is 0 Å². The minimum atomic E-state index is 0.122. The molecule has 1 rings (SSSR count). The first-order valence-electron chi connectivity index (χ1n) is 7.70. The molecule has 0 aliphatic carbocycles. The summed E-state index contributed by atoms with van der Waals surface area (Å²) in [5, 5.41) is 3.70. The van der Waals surface area contributed by atoms with E-state index in [4.69, 9.17) is 4.74 Å². The lowest BCUT2D eigenvalue weighted by molar-refractivity contribution is -0.136. The van der Waals surface area contributed by atoms with Crippen molar-refractivity contribution in [1.82, 2.24) is 10.2 Å². The number of nitrogens with one attached hydrogen (secondary N) is 1. The summed E-state index contributed by atoms with van der Waals surface area (Å²) in [6.07, 6.45) is 7.32. The van der Waals surface area contributed by atoms with Crippen LogP contribution in [0.25, 0.3) is 0 Å². The van der Waals surface area contributed by atoms with E-state index in [-0.39, 0.29) is 12.5 Å². The van der Waals surface area contributed by atoms with Crippen molar-refractivity contribution < 1.29 is 9.53 Å². The number of rotatable bonds is 8. The molecule has 0 radical (unpaired) electrons. The van der Waals surface area contributed by atoms with Gasteiger partial charge in [-0.3, -0.25) is 4.79 Å². The number of piperidine rings is 1. The first kappa shape index (κ1) is 16.4. The van der Waals surface area contributed by atoms with Crippen molar-refractivity contribution in [2.75, 3.05) is 26.8 Å². The molecule has 0 aromatic carbocycles. The fraction of sp³-hybridized carbons (Fsp3) is 0.933. The zero-order valence-corrected chi connectivity index (χ0v) is 12.8. The first-order chi connectivity index (χ1) is 9.17. The number of carbonyl (C=O) groups is 1. The summed E-state index contributed by atoms with van der Waals surface area (Å²) in [7, 11) is 1.57. The monoisotopic (exact) mass is 270 g/mol. The van der Waals surface area contributed by atoms with Crippen LogP contribution in [0, 0.1) is 0 Å². The van der Waals surface area contributed by atoms with Gasteiger partial charge in [0.15, 0.2) is 0 Å². The predicted octanol–water partition coefficient (Wildman–Crippen LogP) is 2.18. The Bertz CT molecular complexity index is 251. The van der Waals surface area contributed by atoms with Gasteiger partial charge in [0.05, 0.1) is 0 Å². The number of hydrogen-bond donors (Lipinski definition) is 1. The van der Waals surface area contributed by atoms with Crippen LogP contribution in [0.4, 0.5) is 0 Å². The summed E-state index contributed by atoms with van der Waals surface area (Å²) in [6.45, 7) is 6.46. The minimum Gasteiger partial charge on any atom is -0.375 e. The Morgan fingerprint density at radius 3 is 2.63 bits per heavy atom. The molecule has 0 saturated carbocycles. The summed E-state index contributed by atoms with van der Waals surface area (Å²) in [6, 6.07) is 1.17. The van der Waals surface area contributed by atoms with Crippen LogP contribution in [0.3, 0.4) is 0 Å². The lowest BCUT2D eigenvalue weighted by Crippen LogP contribution is -2.47. The smallest absolute Gasteiger partial charge is 0.248 e. The highest BCUT2D eigenvalue weighted by molar-refractivity contribution is 5.77. The molecule has 1 amide bonds. The van der Waals surface area contributed by atoms with E-state index in [9.17, 15) is 4.79 Å². The Labute approximate surface area is 117 Å².